The topological polar surface area (TPSA) is 40.5 Å². The molecule has 1 aliphatic rings. The van der Waals surface area contributed by atoms with Gasteiger partial charge in [-0.2, -0.15) is 13.2 Å². The highest BCUT2D eigenvalue weighted by atomic mass is 19.4. The van der Waals surface area contributed by atoms with Crippen molar-refractivity contribution in [2.24, 2.45) is 5.92 Å². The van der Waals surface area contributed by atoms with E-state index < -0.39 is 18.2 Å². The van der Waals surface area contributed by atoms with Gasteiger partial charge in [-0.1, -0.05) is 0 Å². The number of likely N-dealkylation sites (tertiary alicyclic amines) is 1. The van der Waals surface area contributed by atoms with Gasteiger partial charge in [0, 0.05) is 13.1 Å². The summed E-state index contributed by atoms with van der Waals surface area (Å²) in [4.78, 5) is 10.8. The van der Waals surface area contributed by atoms with Crippen molar-refractivity contribution in [1.29, 1.82) is 0 Å². The van der Waals surface area contributed by atoms with Crippen molar-refractivity contribution in [1.82, 2.24) is 4.90 Å². The van der Waals surface area contributed by atoms with Crippen LogP contribution in [0, 0.1) is 5.92 Å². The van der Waals surface area contributed by atoms with E-state index in [9.17, 15) is 18.0 Å². The molecule has 6 heteroatoms. The van der Waals surface area contributed by atoms with Crippen molar-refractivity contribution in [3.05, 3.63) is 0 Å². The molecule has 76 valence electrons. The predicted octanol–water partition coefficient (Wildman–Crippen LogP) is 1.30. The molecule has 0 aliphatic carbocycles. The summed E-state index contributed by atoms with van der Waals surface area (Å²) in [6, 6.07) is 0. The first-order valence-corrected chi connectivity index (χ1v) is 3.96. The summed E-state index contributed by atoms with van der Waals surface area (Å²) in [6.07, 6.45) is -4.16. The van der Waals surface area contributed by atoms with Crippen LogP contribution in [0.5, 0.6) is 0 Å². The second kappa shape index (κ2) is 3.53. The monoisotopic (exact) mass is 197 g/mol. The minimum atomic E-state index is -4.32. The number of rotatable bonds is 1. The van der Waals surface area contributed by atoms with Crippen molar-refractivity contribution in [3.8, 4) is 0 Å². The molecule has 1 rings (SSSR count). The molecule has 1 saturated heterocycles. The summed E-state index contributed by atoms with van der Waals surface area (Å²) in [5.41, 5.74) is 0. The van der Waals surface area contributed by atoms with Gasteiger partial charge < -0.3 is 5.11 Å². The van der Waals surface area contributed by atoms with Crippen LogP contribution in [-0.2, 0) is 4.79 Å². The average molecular weight is 197 g/mol. The Morgan fingerprint density at radius 2 is 1.77 bits per heavy atom. The zero-order valence-electron chi connectivity index (χ0n) is 6.84. The van der Waals surface area contributed by atoms with Crippen LogP contribution >= 0.6 is 0 Å². The van der Waals surface area contributed by atoms with Crippen LogP contribution in [-0.4, -0.2) is 35.4 Å². The highest BCUT2D eigenvalue weighted by Gasteiger charge is 2.40. The normalized spacial score (nSPS) is 21.8. The Morgan fingerprint density at radius 1 is 1.31 bits per heavy atom. The Morgan fingerprint density at radius 3 is 2.08 bits per heavy atom. The first-order valence-electron chi connectivity index (χ1n) is 3.96. The maximum atomic E-state index is 12.0. The number of carboxylic acids is 1. The number of hydrogen-bond donors (Lipinski definition) is 1. The Hall–Kier alpha value is -0.780. The van der Waals surface area contributed by atoms with E-state index in [0.29, 0.717) is 4.90 Å². The molecule has 0 aromatic carbocycles. The van der Waals surface area contributed by atoms with E-state index in [2.05, 4.69) is 0 Å². The summed E-state index contributed by atoms with van der Waals surface area (Å²) in [5.74, 6) is -1.61. The molecular weight excluding hydrogens is 187 g/mol. The molecule has 0 aromatic heterocycles. The molecule has 0 spiro atoms. The van der Waals surface area contributed by atoms with Crippen molar-refractivity contribution < 1.29 is 23.1 Å². The fourth-order valence-electron chi connectivity index (χ4n) is 1.38. The molecule has 1 fully saturated rings. The third kappa shape index (κ3) is 2.58. The van der Waals surface area contributed by atoms with Crippen LogP contribution in [0.1, 0.15) is 12.8 Å². The number of hydrogen-bond acceptors (Lipinski definition) is 2. The first kappa shape index (κ1) is 10.3. The summed E-state index contributed by atoms with van der Waals surface area (Å²) >= 11 is 0. The summed E-state index contributed by atoms with van der Waals surface area (Å²) in [5, 5.41) is 8.53. The van der Waals surface area contributed by atoms with E-state index in [1.54, 1.807) is 0 Å². The standard InChI is InChI=1S/C7H10F3NO2/c8-7(9,10)11-3-1-5(2-4-11)6(12)13/h5H,1-4H2,(H,12,13). The molecule has 0 radical (unpaired) electrons. The van der Waals surface area contributed by atoms with Gasteiger partial charge in [-0.3, -0.25) is 4.79 Å². The maximum absolute atomic E-state index is 12.0. The van der Waals surface area contributed by atoms with Gasteiger partial charge >= 0.3 is 12.3 Å². The second-order valence-corrected chi connectivity index (χ2v) is 3.07. The minimum Gasteiger partial charge on any atom is -0.481 e. The van der Waals surface area contributed by atoms with Gasteiger partial charge in [0.1, 0.15) is 0 Å². The van der Waals surface area contributed by atoms with Crippen LogP contribution in [0.15, 0.2) is 0 Å². The number of nitrogens with zero attached hydrogens (tertiary/aromatic N) is 1. The third-order valence-electron chi connectivity index (χ3n) is 2.20. The molecule has 0 bridgehead atoms. The van der Waals surface area contributed by atoms with Crippen molar-refractivity contribution in [3.63, 3.8) is 0 Å². The van der Waals surface area contributed by atoms with Crippen molar-refractivity contribution in [2.45, 2.75) is 19.1 Å². The molecule has 1 heterocycles. The zero-order chi connectivity index (χ0) is 10.1. The lowest BCUT2D eigenvalue weighted by Gasteiger charge is -2.31. The lowest BCUT2D eigenvalue weighted by molar-refractivity contribution is -0.251. The Balaban J connectivity index is 2.44. The number of alkyl halides is 3. The van der Waals surface area contributed by atoms with Gasteiger partial charge in [0.05, 0.1) is 5.92 Å². The number of carboxylic acid groups (broad SMARTS) is 1. The molecule has 1 aliphatic heterocycles. The van der Waals surface area contributed by atoms with Gasteiger partial charge in [-0.25, -0.2) is 4.90 Å². The summed E-state index contributed by atoms with van der Waals surface area (Å²) in [7, 11) is 0. The lowest BCUT2D eigenvalue weighted by Crippen LogP contribution is -2.44. The quantitative estimate of drug-likeness (QED) is 0.644. The minimum absolute atomic E-state index is 0.0782. The fraction of sp³-hybridized carbons (Fsp3) is 0.857. The predicted molar refractivity (Wildman–Crippen MR) is 38.0 cm³/mol. The largest absolute Gasteiger partial charge is 0.481 e. The number of carbonyl (C=O) groups is 1. The molecule has 0 unspecified atom stereocenters. The van der Waals surface area contributed by atoms with E-state index in [1.165, 1.54) is 0 Å². The number of piperidine rings is 1. The van der Waals surface area contributed by atoms with Crippen LogP contribution in [0.2, 0.25) is 0 Å². The van der Waals surface area contributed by atoms with Crippen LogP contribution in [0.4, 0.5) is 13.2 Å². The average Bonchev–Trinajstić information content (AvgIpc) is 2.03. The second-order valence-electron chi connectivity index (χ2n) is 3.07. The van der Waals surface area contributed by atoms with E-state index in [-0.39, 0.29) is 25.9 Å². The Bertz CT molecular complexity index is 196. The van der Waals surface area contributed by atoms with Crippen LogP contribution in [0.3, 0.4) is 0 Å². The molecule has 0 aromatic rings. The SMILES string of the molecule is O=C(O)C1CCN(C(F)(F)F)CC1. The zero-order valence-corrected chi connectivity index (χ0v) is 6.84. The number of halogens is 3. The molecule has 13 heavy (non-hydrogen) atoms. The first-order chi connectivity index (χ1) is 5.91. The van der Waals surface area contributed by atoms with E-state index >= 15 is 0 Å². The summed E-state index contributed by atoms with van der Waals surface area (Å²) in [6.45, 7) is -0.416. The summed E-state index contributed by atoms with van der Waals surface area (Å²) < 4.78 is 36.1. The van der Waals surface area contributed by atoms with Gasteiger partial charge in [-0.15, -0.1) is 0 Å². The molecule has 1 N–H and O–H groups in total. The van der Waals surface area contributed by atoms with E-state index in [1.807, 2.05) is 0 Å². The Kier molecular flexibility index (Phi) is 2.80. The van der Waals surface area contributed by atoms with Gasteiger partial charge in [0.2, 0.25) is 0 Å². The van der Waals surface area contributed by atoms with E-state index in [0.717, 1.165) is 0 Å². The molecule has 3 nitrogen and oxygen atoms in total. The molecular formula is C7H10F3NO2. The highest BCUT2D eigenvalue weighted by Crippen LogP contribution is 2.27. The fourth-order valence-corrected chi connectivity index (χ4v) is 1.38. The van der Waals surface area contributed by atoms with Gasteiger partial charge in [0.25, 0.3) is 0 Å². The van der Waals surface area contributed by atoms with Gasteiger partial charge in [-0.05, 0) is 12.8 Å². The smallest absolute Gasteiger partial charge is 0.459 e. The third-order valence-corrected chi connectivity index (χ3v) is 2.20. The highest BCUT2D eigenvalue weighted by molar-refractivity contribution is 5.70. The number of aliphatic carboxylic acids is 1. The van der Waals surface area contributed by atoms with Crippen molar-refractivity contribution in [2.75, 3.05) is 13.1 Å². The molecule has 0 saturated carbocycles. The molecule has 0 atom stereocenters. The van der Waals surface area contributed by atoms with Crippen LogP contribution < -0.4 is 0 Å². The van der Waals surface area contributed by atoms with Crippen molar-refractivity contribution >= 4 is 5.97 Å². The Labute approximate surface area is 73.1 Å². The maximum Gasteiger partial charge on any atom is 0.459 e. The van der Waals surface area contributed by atoms with E-state index in [4.69, 9.17) is 5.11 Å². The van der Waals surface area contributed by atoms with Gasteiger partial charge in [0.15, 0.2) is 0 Å². The van der Waals surface area contributed by atoms with Crippen LogP contribution in [0.25, 0.3) is 0 Å². The molecule has 0 amide bonds. The lowest BCUT2D eigenvalue weighted by atomic mass is 9.97.